The number of hydrogen-bond donors (Lipinski definition) is 1. The largest absolute Gasteiger partial charge is 0.481 e. The second kappa shape index (κ2) is 4.66. The number of rotatable bonds is 3. The molecular formula is C13H16O3. The van der Waals surface area contributed by atoms with Crippen molar-refractivity contribution in [1.29, 1.82) is 0 Å². The van der Waals surface area contributed by atoms with E-state index in [0.717, 1.165) is 25.0 Å². The molecule has 0 aromatic heterocycles. The van der Waals surface area contributed by atoms with Crippen molar-refractivity contribution in [2.45, 2.75) is 24.7 Å². The van der Waals surface area contributed by atoms with E-state index in [1.54, 1.807) is 0 Å². The van der Waals surface area contributed by atoms with E-state index < -0.39 is 5.97 Å². The minimum atomic E-state index is -0.755. The molecule has 16 heavy (non-hydrogen) atoms. The zero-order valence-corrected chi connectivity index (χ0v) is 9.19. The lowest BCUT2D eigenvalue weighted by Crippen LogP contribution is -2.38. The summed E-state index contributed by atoms with van der Waals surface area (Å²) in [5.41, 5.74) is 0.753. The van der Waals surface area contributed by atoms with Gasteiger partial charge in [0.1, 0.15) is 0 Å². The van der Waals surface area contributed by atoms with E-state index in [9.17, 15) is 4.79 Å². The summed E-state index contributed by atoms with van der Waals surface area (Å²) in [6.45, 7) is 1.26. The van der Waals surface area contributed by atoms with Gasteiger partial charge in [-0.15, -0.1) is 0 Å². The van der Waals surface area contributed by atoms with Gasteiger partial charge in [-0.05, 0) is 18.4 Å². The molecule has 1 unspecified atom stereocenters. The molecule has 1 atom stereocenters. The molecule has 1 aliphatic heterocycles. The van der Waals surface area contributed by atoms with Crippen LogP contribution in [0.2, 0.25) is 0 Å². The molecule has 0 bridgehead atoms. The summed E-state index contributed by atoms with van der Waals surface area (Å²) < 4.78 is 5.48. The minimum absolute atomic E-state index is 0.150. The maximum Gasteiger partial charge on any atom is 0.304 e. The minimum Gasteiger partial charge on any atom is -0.481 e. The van der Waals surface area contributed by atoms with Crippen molar-refractivity contribution >= 4 is 5.97 Å². The van der Waals surface area contributed by atoms with Gasteiger partial charge in [0, 0.05) is 12.0 Å². The Bertz CT molecular complexity index is 353. The van der Waals surface area contributed by atoms with Crippen LogP contribution in [0.1, 0.15) is 24.8 Å². The number of aliphatic carboxylic acids is 1. The van der Waals surface area contributed by atoms with Gasteiger partial charge >= 0.3 is 5.97 Å². The summed E-state index contributed by atoms with van der Waals surface area (Å²) in [7, 11) is 0. The Morgan fingerprint density at radius 3 is 2.69 bits per heavy atom. The van der Waals surface area contributed by atoms with Crippen LogP contribution in [-0.2, 0) is 14.9 Å². The highest BCUT2D eigenvalue weighted by Crippen LogP contribution is 2.36. The highest BCUT2D eigenvalue weighted by Gasteiger charge is 2.36. The Hall–Kier alpha value is -1.35. The molecule has 0 aliphatic carbocycles. The van der Waals surface area contributed by atoms with E-state index in [1.807, 2.05) is 30.3 Å². The molecule has 0 saturated carbocycles. The van der Waals surface area contributed by atoms with Crippen LogP contribution in [0.3, 0.4) is 0 Å². The van der Waals surface area contributed by atoms with Gasteiger partial charge in [-0.25, -0.2) is 0 Å². The predicted octanol–water partition coefficient (Wildman–Crippen LogP) is 2.21. The topological polar surface area (TPSA) is 46.5 Å². The Balaban J connectivity index is 2.29. The number of ether oxygens (including phenoxy) is 1. The van der Waals surface area contributed by atoms with Gasteiger partial charge < -0.3 is 9.84 Å². The quantitative estimate of drug-likeness (QED) is 0.849. The third kappa shape index (κ3) is 2.25. The van der Waals surface area contributed by atoms with E-state index in [2.05, 4.69) is 0 Å². The van der Waals surface area contributed by atoms with Gasteiger partial charge in [0.15, 0.2) is 0 Å². The normalized spacial score (nSPS) is 25.2. The fourth-order valence-corrected chi connectivity index (χ4v) is 2.40. The van der Waals surface area contributed by atoms with Crippen LogP contribution in [0.25, 0.3) is 0 Å². The molecule has 3 nitrogen and oxygen atoms in total. The van der Waals surface area contributed by atoms with Gasteiger partial charge in [-0.1, -0.05) is 30.3 Å². The summed E-state index contributed by atoms with van der Waals surface area (Å²) in [6.07, 6.45) is 1.97. The number of hydrogen-bond acceptors (Lipinski definition) is 2. The Morgan fingerprint density at radius 2 is 2.12 bits per heavy atom. The molecule has 1 aromatic rings. The second-order valence-electron chi connectivity index (χ2n) is 4.37. The predicted molar refractivity (Wildman–Crippen MR) is 60.4 cm³/mol. The van der Waals surface area contributed by atoms with Crippen molar-refractivity contribution in [1.82, 2.24) is 0 Å². The first-order chi connectivity index (χ1) is 7.73. The fraction of sp³-hybridized carbons (Fsp3) is 0.462. The van der Waals surface area contributed by atoms with Crippen molar-refractivity contribution < 1.29 is 14.6 Å². The van der Waals surface area contributed by atoms with Crippen molar-refractivity contribution in [3.05, 3.63) is 35.9 Å². The average Bonchev–Trinajstić information content (AvgIpc) is 2.30. The van der Waals surface area contributed by atoms with E-state index in [1.165, 1.54) is 0 Å². The van der Waals surface area contributed by atoms with Crippen molar-refractivity contribution in [2.75, 3.05) is 13.2 Å². The molecule has 1 aliphatic rings. The first-order valence-corrected chi connectivity index (χ1v) is 5.58. The summed E-state index contributed by atoms with van der Waals surface area (Å²) in [6, 6.07) is 9.85. The summed E-state index contributed by atoms with van der Waals surface area (Å²) >= 11 is 0. The average molecular weight is 220 g/mol. The van der Waals surface area contributed by atoms with E-state index >= 15 is 0 Å². The molecule has 86 valence electrons. The molecule has 0 amide bonds. The molecule has 0 radical (unpaired) electrons. The van der Waals surface area contributed by atoms with Crippen molar-refractivity contribution in [3.63, 3.8) is 0 Å². The standard InChI is InChI=1S/C13H16O3/c14-12(15)9-13(7-4-8-16-10-13)11-5-2-1-3-6-11/h1-3,5-6H,4,7-10H2,(H,14,15). The SMILES string of the molecule is O=C(O)CC1(c2ccccc2)CCCOC1. The maximum atomic E-state index is 11.0. The Labute approximate surface area is 95.0 Å². The fourth-order valence-electron chi connectivity index (χ4n) is 2.40. The maximum absolute atomic E-state index is 11.0. The molecule has 1 fully saturated rings. The van der Waals surface area contributed by atoms with Crippen molar-refractivity contribution in [2.24, 2.45) is 0 Å². The lowest BCUT2D eigenvalue weighted by molar-refractivity contribution is -0.140. The highest BCUT2D eigenvalue weighted by molar-refractivity contribution is 5.69. The van der Waals surface area contributed by atoms with Gasteiger partial charge in [-0.3, -0.25) is 4.79 Å². The van der Waals surface area contributed by atoms with Crippen LogP contribution >= 0.6 is 0 Å². The van der Waals surface area contributed by atoms with E-state index in [4.69, 9.17) is 9.84 Å². The third-order valence-corrected chi connectivity index (χ3v) is 3.20. The molecule has 1 aromatic carbocycles. The van der Waals surface area contributed by atoms with Crippen LogP contribution < -0.4 is 0 Å². The first kappa shape index (κ1) is 11.1. The lowest BCUT2D eigenvalue weighted by Gasteiger charge is -2.36. The van der Waals surface area contributed by atoms with E-state index in [-0.39, 0.29) is 11.8 Å². The molecule has 2 rings (SSSR count). The molecule has 1 heterocycles. The van der Waals surface area contributed by atoms with Crippen LogP contribution in [0.15, 0.2) is 30.3 Å². The number of carboxylic acid groups (broad SMARTS) is 1. The summed E-state index contributed by atoms with van der Waals surface area (Å²) in [5.74, 6) is -0.755. The van der Waals surface area contributed by atoms with Gasteiger partial charge in [-0.2, -0.15) is 0 Å². The molecule has 1 N–H and O–H groups in total. The second-order valence-corrected chi connectivity index (χ2v) is 4.37. The smallest absolute Gasteiger partial charge is 0.304 e. The Kier molecular flexibility index (Phi) is 3.25. The number of benzene rings is 1. The third-order valence-electron chi connectivity index (χ3n) is 3.20. The Morgan fingerprint density at radius 1 is 1.38 bits per heavy atom. The molecular weight excluding hydrogens is 204 g/mol. The molecule has 1 saturated heterocycles. The molecule has 3 heteroatoms. The van der Waals surface area contributed by atoms with Crippen LogP contribution in [0.4, 0.5) is 0 Å². The summed E-state index contributed by atoms with van der Waals surface area (Å²) in [4.78, 5) is 11.0. The number of carbonyl (C=O) groups is 1. The van der Waals surface area contributed by atoms with Gasteiger partial charge in [0.25, 0.3) is 0 Å². The van der Waals surface area contributed by atoms with Gasteiger partial charge in [0.2, 0.25) is 0 Å². The van der Waals surface area contributed by atoms with Gasteiger partial charge in [0.05, 0.1) is 13.0 Å². The zero-order valence-electron chi connectivity index (χ0n) is 9.19. The van der Waals surface area contributed by atoms with E-state index in [0.29, 0.717) is 6.61 Å². The first-order valence-electron chi connectivity index (χ1n) is 5.58. The summed E-state index contributed by atoms with van der Waals surface area (Å²) in [5, 5.41) is 9.04. The highest BCUT2D eigenvalue weighted by atomic mass is 16.5. The molecule has 0 spiro atoms. The van der Waals surface area contributed by atoms with Crippen LogP contribution in [-0.4, -0.2) is 24.3 Å². The number of carboxylic acids is 1. The van der Waals surface area contributed by atoms with Crippen LogP contribution in [0.5, 0.6) is 0 Å². The van der Waals surface area contributed by atoms with Crippen molar-refractivity contribution in [3.8, 4) is 0 Å². The monoisotopic (exact) mass is 220 g/mol. The van der Waals surface area contributed by atoms with Crippen LogP contribution in [0, 0.1) is 0 Å². The zero-order chi connectivity index (χ0) is 11.4. The lowest BCUT2D eigenvalue weighted by atomic mass is 9.74.